The number of nitrogens with one attached hydrogen (secondary N) is 1. The number of carboxylic acid groups (broad SMARTS) is 1. The molecule has 1 aromatic carbocycles. The molecule has 2 N–H and O–H groups in total. The van der Waals surface area contributed by atoms with Gasteiger partial charge in [0.1, 0.15) is 0 Å². The van der Waals surface area contributed by atoms with Crippen LogP contribution in [0.3, 0.4) is 0 Å². The maximum absolute atomic E-state index is 10.9. The van der Waals surface area contributed by atoms with Gasteiger partial charge in [0.2, 0.25) is 5.91 Å². The van der Waals surface area contributed by atoms with Crippen molar-refractivity contribution in [2.24, 2.45) is 0 Å². The largest absolute Gasteiger partial charge is 0.478 e. The lowest BCUT2D eigenvalue weighted by atomic mass is 10.2. The lowest BCUT2D eigenvalue weighted by Gasteiger charge is -2.03. The third-order valence-electron chi connectivity index (χ3n) is 2.41. The predicted octanol–water partition coefficient (Wildman–Crippen LogP) is 3.16. The normalized spacial score (nSPS) is 11.2. The highest BCUT2D eigenvalue weighted by Gasteiger charge is 2.03. The van der Waals surface area contributed by atoms with Gasteiger partial charge in [-0.2, -0.15) is 0 Å². The molecule has 0 saturated carbocycles. The first-order chi connectivity index (χ1) is 9.02. The third-order valence-corrected chi connectivity index (χ3v) is 3.35. The van der Waals surface area contributed by atoms with Crippen molar-refractivity contribution >= 4 is 29.3 Å². The van der Waals surface area contributed by atoms with Crippen molar-refractivity contribution in [2.45, 2.75) is 25.2 Å². The molecule has 0 saturated heterocycles. The smallest absolute Gasteiger partial charge is 0.331 e. The maximum atomic E-state index is 10.9. The molecule has 0 heterocycles. The minimum atomic E-state index is -0.857. The molecule has 0 spiro atoms. The van der Waals surface area contributed by atoms with Gasteiger partial charge in [0.05, 0.1) is 0 Å². The molecule has 0 unspecified atom stereocenters. The van der Waals surface area contributed by atoms with Crippen LogP contribution < -0.4 is 5.32 Å². The van der Waals surface area contributed by atoms with E-state index in [0.717, 1.165) is 10.6 Å². The summed E-state index contributed by atoms with van der Waals surface area (Å²) >= 11 is 1.56. The van der Waals surface area contributed by atoms with Crippen molar-refractivity contribution in [3.8, 4) is 0 Å². The van der Waals surface area contributed by atoms with E-state index in [4.69, 9.17) is 5.11 Å². The van der Waals surface area contributed by atoms with E-state index in [1.54, 1.807) is 17.8 Å². The first kappa shape index (κ1) is 15.3. The van der Waals surface area contributed by atoms with E-state index in [9.17, 15) is 9.59 Å². The molecule has 0 aromatic heterocycles. The minimum Gasteiger partial charge on any atom is -0.478 e. The Balaban J connectivity index is 2.54. The molecule has 5 heteroatoms. The van der Waals surface area contributed by atoms with Crippen molar-refractivity contribution < 1.29 is 14.7 Å². The van der Waals surface area contributed by atoms with Crippen LogP contribution in [0.15, 0.2) is 40.8 Å². The van der Waals surface area contributed by atoms with Gasteiger partial charge in [-0.3, -0.25) is 4.79 Å². The van der Waals surface area contributed by atoms with Crippen LogP contribution in [0.1, 0.15) is 20.3 Å². The van der Waals surface area contributed by atoms with Crippen LogP contribution >= 0.6 is 11.8 Å². The molecular formula is C14H17NO3S. The van der Waals surface area contributed by atoms with Crippen LogP contribution in [0.4, 0.5) is 5.69 Å². The fourth-order valence-electron chi connectivity index (χ4n) is 1.46. The average molecular weight is 279 g/mol. The number of hydrogen-bond donors (Lipinski definition) is 2. The van der Waals surface area contributed by atoms with Gasteiger partial charge in [0.15, 0.2) is 0 Å². The molecule has 0 fully saturated rings. The standard InChI is InChI=1S/C14H17NO3S/c1-3-11(14(17)18)8-9-19-13-6-4-12(5-7-13)15-10(2)16/h4-8H,3,9H2,1-2H3,(H,15,16)(H,17,18). The highest BCUT2D eigenvalue weighted by atomic mass is 32.2. The number of aliphatic carboxylic acids is 1. The number of anilines is 1. The molecule has 1 amide bonds. The van der Waals surface area contributed by atoms with Gasteiger partial charge < -0.3 is 10.4 Å². The quantitative estimate of drug-likeness (QED) is 0.620. The summed E-state index contributed by atoms with van der Waals surface area (Å²) < 4.78 is 0. The number of carbonyl (C=O) groups is 2. The first-order valence-electron chi connectivity index (χ1n) is 5.95. The Bertz CT molecular complexity index is 480. The van der Waals surface area contributed by atoms with Crippen molar-refractivity contribution in [3.05, 3.63) is 35.9 Å². The molecule has 0 aliphatic rings. The molecule has 102 valence electrons. The SMILES string of the molecule is CCC(=CCSc1ccc(NC(C)=O)cc1)C(=O)O. The molecule has 0 aliphatic carbocycles. The van der Waals surface area contributed by atoms with Crippen LogP contribution in [0.5, 0.6) is 0 Å². The van der Waals surface area contributed by atoms with Gasteiger partial charge in [-0.1, -0.05) is 13.0 Å². The van der Waals surface area contributed by atoms with Crippen LogP contribution in [0.25, 0.3) is 0 Å². The lowest BCUT2D eigenvalue weighted by molar-refractivity contribution is -0.132. The summed E-state index contributed by atoms with van der Waals surface area (Å²) in [5, 5.41) is 11.6. The van der Waals surface area contributed by atoms with Crippen molar-refractivity contribution in [2.75, 3.05) is 11.1 Å². The Morgan fingerprint density at radius 2 is 1.95 bits per heavy atom. The van der Waals surface area contributed by atoms with Gasteiger partial charge in [-0.05, 0) is 30.7 Å². The highest BCUT2D eigenvalue weighted by Crippen LogP contribution is 2.21. The van der Waals surface area contributed by atoms with Gasteiger partial charge in [0, 0.05) is 28.8 Å². The Morgan fingerprint density at radius 3 is 2.42 bits per heavy atom. The number of hydrogen-bond acceptors (Lipinski definition) is 3. The monoisotopic (exact) mass is 279 g/mol. The van der Waals surface area contributed by atoms with Gasteiger partial charge >= 0.3 is 5.97 Å². The van der Waals surface area contributed by atoms with E-state index in [1.165, 1.54) is 6.92 Å². The summed E-state index contributed by atoms with van der Waals surface area (Å²) in [4.78, 5) is 22.7. The van der Waals surface area contributed by atoms with E-state index >= 15 is 0 Å². The number of rotatable bonds is 6. The average Bonchev–Trinajstić information content (AvgIpc) is 2.35. The Morgan fingerprint density at radius 1 is 1.32 bits per heavy atom. The highest BCUT2D eigenvalue weighted by molar-refractivity contribution is 7.99. The zero-order chi connectivity index (χ0) is 14.3. The second-order valence-electron chi connectivity index (χ2n) is 3.90. The number of benzene rings is 1. The zero-order valence-electron chi connectivity index (χ0n) is 11.0. The van der Waals surface area contributed by atoms with E-state index in [1.807, 2.05) is 31.2 Å². The topological polar surface area (TPSA) is 66.4 Å². The van der Waals surface area contributed by atoms with E-state index in [0.29, 0.717) is 17.7 Å². The molecule has 0 radical (unpaired) electrons. The van der Waals surface area contributed by atoms with Crippen LogP contribution in [-0.2, 0) is 9.59 Å². The molecule has 0 bridgehead atoms. The summed E-state index contributed by atoms with van der Waals surface area (Å²) in [5.74, 6) is -0.337. The fraction of sp³-hybridized carbons (Fsp3) is 0.286. The van der Waals surface area contributed by atoms with Crippen molar-refractivity contribution in [1.29, 1.82) is 0 Å². The molecule has 0 atom stereocenters. The van der Waals surface area contributed by atoms with Gasteiger partial charge in [-0.15, -0.1) is 11.8 Å². The predicted molar refractivity (Wildman–Crippen MR) is 77.5 cm³/mol. The van der Waals surface area contributed by atoms with Crippen molar-refractivity contribution in [1.82, 2.24) is 0 Å². The van der Waals surface area contributed by atoms with Crippen LogP contribution in [-0.4, -0.2) is 22.7 Å². The second-order valence-corrected chi connectivity index (χ2v) is 5.00. The summed E-state index contributed by atoms with van der Waals surface area (Å²) in [6.45, 7) is 3.29. The summed E-state index contributed by atoms with van der Waals surface area (Å²) in [6.07, 6.45) is 2.26. The molecule has 1 rings (SSSR count). The Hall–Kier alpha value is -1.75. The summed E-state index contributed by atoms with van der Waals surface area (Å²) in [5.41, 5.74) is 1.19. The maximum Gasteiger partial charge on any atom is 0.331 e. The third kappa shape index (κ3) is 5.61. The molecule has 0 aliphatic heterocycles. The molecule has 19 heavy (non-hydrogen) atoms. The number of carbonyl (C=O) groups excluding carboxylic acids is 1. The van der Waals surface area contributed by atoms with Gasteiger partial charge in [0.25, 0.3) is 0 Å². The molecule has 4 nitrogen and oxygen atoms in total. The molecular weight excluding hydrogens is 262 g/mol. The number of carboxylic acids is 1. The fourth-order valence-corrected chi connectivity index (χ4v) is 2.26. The van der Waals surface area contributed by atoms with Gasteiger partial charge in [-0.25, -0.2) is 4.79 Å². The van der Waals surface area contributed by atoms with E-state index < -0.39 is 5.97 Å². The van der Waals surface area contributed by atoms with Crippen molar-refractivity contribution in [3.63, 3.8) is 0 Å². The Labute approximate surface area is 116 Å². The number of thioether (sulfide) groups is 1. The lowest BCUT2D eigenvalue weighted by Crippen LogP contribution is -2.05. The zero-order valence-corrected chi connectivity index (χ0v) is 11.8. The van der Waals surface area contributed by atoms with Crippen LogP contribution in [0, 0.1) is 0 Å². The Kier molecular flexibility index (Phi) is 6.15. The summed E-state index contributed by atoms with van der Waals surface area (Å²) in [6, 6.07) is 7.45. The van der Waals surface area contributed by atoms with Crippen LogP contribution in [0.2, 0.25) is 0 Å². The summed E-state index contributed by atoms with van der Waals surface area (Å²) in [7, 11) is 0. The first-order valence-corrected chi connectivity index (χ1v) is 6.94. The van der Waals surface area contributed by atoms with E-state index in [-0.39, 0.29) is 5.91 Å². The number of amides is 1. The second kappa shape index (κ2) is 7.63. The molecule has 1 aromatic rings. The van der Waals surface area contributed by atoms with E-state index in [2.05, 4.69) is 5.32 Å². The minimum absolute atomic E-state index is 0.0996.